The molecule has 0 spiro atoms. The average molecular weight is 281 g/mol. The summed E-state index contributed by atoms with van der Waals surface area (Å²) in [4.78, 5) is 12.0. The van der Waals surface area contributed by atoms with Crippen molar-refractivity contribution in [3.8, 4) is 11.3 Å². The summed E-state index contributed by atoms with van der Waals surface area (Å²) < 4.78 is 5.07. The Bertz CT molecular complexity index is 595. The number of carbonyl (C=O) groups is 1. The molecular weight excluding hydrogens is 268 g/mol. The van der Waals surface area contributed by atoms with E-state index < -0.39 is 0 Å². The molecule has 1 amide bonds. The smallest absolute Gasteiger partial charge is 0.257 e. The molecule has 0 fully saturated rings. The first-order valence-corrected chi connectivity index (χ1v) is 6.13. The van der Waals surface area contributed by atoms with Crippen LogP contribution in [0.5, 0.6) is 0 Å². The van der Waals surface area contributed by atoms with Crippen molar-refractivity contribution in [1.82, 2.24) is 10.5 Å². The molecule has 0 saturated carbocycles. The van der Waals surface area contributed by atoms with E-state index in [0.717, 1.165) is 0 Å². The zero-order valence-corrected chi connectivity index (χ0v) is 11.1. The fourth-order valence-electron chi connectivity index (χ4n) is 1.73. The fourth-order valence-corrected chi connectivity index (χ4v) is 1.96. The summed E-state index contributed by atoms with van der Waals surface area (Å²) >= 11 is 6.10. The van der Waals surface area contributed by atoms with E-state index in [-0.39, 0.29) is 19.1 Å². The molecule has 2 rings (SSSR count). The maximum absolute atomic E-state index is 12.0. The Morgan fingerprint density at radius 1 is 1.47 bits per heavy atom. The van der Waals surface area contributed by atoms with Gasteiger partial charge in [0.1, 0.15) is 17.0 Å². The number of benzene rings is 1. The second-order valence-electron chi connectivity index (χ2n) is 3.92. The second kappa shape index (κ2) is 5.86. The highest BCUT2D eigenvalue weighted by atomic mass is 35.5. The zero-order valence-electron chi connectivity index (χ0n) is 10.3. The van der Waals surface area contributed by atoms with Crippen molar-refractivity contribution in [2.24, 2.45) is 0 Å². The lowest BCUT2D eigenvalue weighted by atomic mass is 10.1. The Balaban J connectivity index is 2.43. The SMILES string of the molecule is Cc1onc(-c2ccccc2Cl)c1C(=O)NCCO. The topological polar surface area (TPSA) is 75.4 Å². The van der Waals surface area contributed by atoms with Crippen molar-refractivity contribution < 1.29 is 14.4 Å². The number of amides is 1. The van der Waals surface area contributed by atoms with Crippen LogP contribution in [0.2, 0.25) is 5.02 Å². The van der Waals surface area contributed by atoms with E-state index in [9.17, 15) is 4.79 Å². The predicted octanol–water partition coefficient (Wildman–Crippen LogP) is 2.03. The van der Waals surface area contributed by atoms with Crippen LogP contribution in [0, 0.1) is 6.92 Å². The van der Waals surface area contributed by atoms with E-state index in [1.54, 1.807) is 31.2 Å². The van der Waals surface area contributed by atoms with Crippen molar-refractivity contribution in [3.63, 3.8) is 0 Å². The van der Waals surface area contributed by atoms with Gasteiger partial charge in [0.05, 0.1) is 11.6 Å². The molecule has 0 aliphatic carbocycles. The largest absolute Gasteiger partial charge is 0.395 e. The molecule has 100 valence electrons. The van der Waals surface area contributed by atoms with Gasteiger partial charge in [-0.1, -0.05) is 35.0 Å². The van der Waals surface area contributed by atoms with Crippen molar-refractivity contribution in [2.75, 3.05) is 13.2 Å². The number of carbonyl (C=O) groups excluding carboxylic acids is 1. The van der Waals surface area contributed by atoms with Crippen LogP contribution in [-0.4, -0.2) is 29.3 Å². The quantitative estimate of drug-likeness (QED) is 0.898. The summed E-state index contributed by atoms with van der Waals surface area (Å²) in [6.07, 6.45) is 0. The fraction of sp³-hybridized carbons (Fsp3) is 0.231. The third-order valence-electron chi connectivity index (χ3n) is 2.62. The standard InChI is InChI=1S/C13H13ClN2O3/c1-8-11(13(18)15-6-7-17)12(16-19-8)9-4-2-3-5-10(9)14/h2-5,17H,6-7H2,1H3,(H,15,18). The number of halogens is 1. The second-order valence-corrected chi connectivity index (χ2v) is 4.33. The van der Waals surface area contributed by atoms with Gasteiger partial charge in [-0.3, -0.25) is 4.79 Å². The molecule has 2 aromatic rings. The highest BCUT2D eigenvalue weighted by Crippen LogP contribution is 2.30. The molecule has 5 nitrogen and oxygen atoms in total. The minimum Gasteiger partial charge on any atom is -0.395 e. The highest BCUT2D eigenvalue weighted by Gasteiger charge is 2.22. The van der Waals surface area contributed by atoms with Crippen LogP contribution in [0.1, 0.15) is 16.1 Å². The lowest BCUT2D eigenvalue weighted by Gasteiger charge is -2.05. The molecule has 1 aromatic carbocycles. The maximum atomic E-state index is 12.0. The molecular formula is C13H13ClN2O3. The molecule has 0 radical (unpaired) electrons. The summed E-state index contributed by atoms with van der Waals surface area (Å²) in [5, 5.41) is 15.7. The molecule has 6 heteroatoms. The van der Waals surface area contributed by atoms with E-state index in [1.807, 2.05) is 0 Å². The summed E-state index contributed by atoms with van der Waals surface area (Å²) in [5.41, 5.74) is 1.37. The lowest BCUT2D eigenvalue weighted by molar-refractivity contribution is 0.0944. The van der Waals surface area contributed by atoms with E-state index in [1.165, 1.54) is 0 Å². The van der Waals surface area contributed by atoms with Gasteiger partial charge in [-0.25, -0.2) is 0 Å². The molecule has 1 aromatic heterocycles. The molecule has 2 N–H and O–H groups in total. The first-order valence-electron chi connectivity index (χ1n) is 5.75. The molecule has 0 unspecified atom stereocenters. The van der Waals surface area contributed by atoms with Crippen LogP contribution in [-0.2, 0) is 0 Å². The van der Waals surface area contributed by atoms with Gasteiger partial charge < -0.3 is 14.9 Å². The van der Waals surface area contributed by atoms with E-state index >= 15 is 0 Å². The van der Waals surface area contributed by atoms with Crippen molar-refractivity contribution >= 4 is 17.5 Å². The van der Waals surface area contributed by atoms with Crippen LogP contribution in [0.25, 0.3) is 11.3 Å². The van der Waals surface area contributed by atoms with E-state index in [4.69, 9.17) is 21.2 Å². The van der Waals surface area contributed by atoms with Gasteiger partial charge in [-0.15, -0.1) is 0 Å². The normalized spacial score (nSPS) is 10.5. The molecule has 0 aliphatic heterocycles. The van der Waals surface area contributed by atoms with Crippen LogP contribution in [0.15, 0.2) is 28.8 Å². The van der Waals surface area contributed by atoms with Gasteiger partial charge in [0.15, 0.2) is 0 Å². The van der Waals surface area contributed by atoms with Crippen LogP contribution in [0.4, 0.5) is 0 Å². The number of hydrogen-bond donors (Lipinski definition) is 2. The van der Waals surface area contributed by atoms with E-state index in [2.05, 4.69) is 10.5 Å². The van der Waals surface area contributed by atoms with Crippen LogP contribution < -0.4 is 5.32 Å². The number of nitrogens with zero attached hydrogens (tertiary/aromatic N) is 1. The Hall–Kier alpha value is -1.85. The number of rotatable bonds is 4. The summed E-state index contributed by atoms with van der Waals surface area (Å²) in [5.74, 6) is 0.0630. The van der Waals surface area contributed by atoms with Gasteiger partial charge in [0.2, 0.25) is 0 Å². The zero-order chi connectivity index (χ0) is 13.8. The molecule has 0 saturated heterocycles. The first-order chi connectivity index (χ1) is 9.15. The maximum Gasteiger partial charge on any atom is 0.257 e. The van der Waals surface area contributed by atoms with Gasteiger partial charge in [0, 0.05) is 12.1 Å². The Labute approximate surface area is 115 Å². The Morgan fingerprint density at radius 2 is 2.21 bits per heavy atom. The molecule has 0 aliphatic rings. The third kappa shape index (κ3) is 2.77. The molecule has 1 heterocycles. The first kappa shape index (κ1) is 13.6. The molecule has 0 bridgehead atoms. The average Bonchev–Trinajstić information content (AvgIpc) is 2.78. The van der Waals surface area contributed by atoms with Crippen molar-refractivity contribution in [2.45, 2.75) is 6.92 Å². The lowest BCUT2D eigenvalue weighted by Crippen LogP contribution is -2.27. The minimum absolute atomic E-state index is 0.127. The van der Waals surface area contributed by atoms with E-state index in [0.29, 0.717) is 27.6 Å². The predicted molar refractivity (Wildman–Crippen MR) is 71.1 cm³/mol. The summed E-state index contributed by atoms with van der Waals surface area (Å²) in [6, 6.07) is 7.09. The van der Waals surface area contributed by atoms with Gasteiger partial charge in [-0.2, -0.15) is 0 Å². The van der Waals surface area contributed by atoms with Crippen LogP contribution >= 0.6 is 11.6 Å². The minimum atomic E-state index is -0.345. The Kier molecular flexibility index (Phi) is 4.19. The van der Waals surface area contributed by atoms with Gasteiger partial charge in [-0.05, 0) is 13.0 Å². The number of aryl methyl sites for hydroxylation is 1. The molecule has 0 atom stereocenters. The third-order valence-corrected chi connectivity index (χ3v) is 2.95. The van der Waals surface area contributed by atoms with Gasteiger partial charge in [0.25, 0.3) is 5.91 Å². The number of aliphatic hydroxyl groups is 1. The highest BCUT2D eigenvalue weighted by molar-refractivity contribution is 6.33. The van der Waals surface area contributed by atoms with Gasteiger partial charge >= 0.3 is 0 Å². The number of aromatic nitrogens is 1. The van der Waals surface area contributed by atoms with Crippen molar-refractivity contribution in [3.05, 3.63) is 40.6 Å². The molecule has 19 heavy (non-hydrogen) atoms. The monoisotopic (exact) mass is 280 g/mol. The number of nitrogens with one attached hydrogen (secondary N) is 1. The van der Waals surface area contributed by atoms with Crippen molar-refractivity contribution in [1.29, 1.82) is 0 Å². The number of aliphatic hydroxyl groups excluding tert-OH is 1. The summed E-state index contributed by atoms with van der Waals surface area (Å²) in [6.45, 7) is 1.70. The van der Waals surface area contributed by atoms with Crippen LogP contribution in [0.3, 0.4) is 0 Å². The summed E-state index contributed by atoms with van der Waals surface area (Å²) in [7, 11) is 0. The Morgan fingerprint density at radius 3 is 2.89 bits per heavy atom. The number of hydrogen-bond acceptors (Lipinski definition) is 4.